The fourth-order valence-electron chi connectivity index (χ4n) is 1.05. The molecule has 0 aromatic carbocycles. The number of amides is 1. The van der Waals surface area contributed by atoms with Crippen LogP contribution in [0.2, 0.25) is 0 Å². The third-order valence-electron chi connectivity index (χ3n) is 1.84. The van der Waals surface area contributed by atoms with Gasteiger partial charge in [-0.15, -0.1) is 0 Å². The van der Waals surface area contributed by atoms with E-state index in [1.54, 1.807) is 0 Å². The normalized spacial score (nSPS) is 11.4. The highest BCUT2D eigenvalue weighted by Gasteiger charge is 2.04. The average Bonchev–Trinajstić information content (AvgIpc) is 2.15. The van der Waals surface area contributed by atoms with E-state index in [1.807, 2.05) is 6.92 Å². The zero-order valence-electron chi connectivity index (χ0n) is 9.99. The highest BCUT2D eigenvalue weighted by molar-refractivity contribution is 7.90. The van der Waals surface area contributed by atoms with Gasteiger partial charge in [-0.25, -0.2) is 8.42 Å². The third-order valence-corrected chi connectivity index (χ3v) is 2.78. The summed E-state index contributed by atoms with van der Waals surface area (Å²) in [5, 5.41) is 2.56. The smallest absolute Gasteiger partial charge is 0.220 e. The maximum atomic E-state index is 11.2. The van der Waals surface area contributed by atoms with Crippen molar-refractivity contribution in [1.82, 2.24) is 5.32 Å². The Morgan fingerprint density at radius 1 is 1.31 bits per heavy atom. The molecule has 0 fully saturated rings. The summed E-state index contributed by atoms with van der Waals surface area (Å²) in [5.41, 5.74) is 0. The van der Waals surface area contributed by atoms with Crippen LogP contribution in [0.4, 0.5) is 0 Å². The molecule has 0 atom stereocenters. The van der Waals surface area contributed by atoms with Crippen molar-refractivity contribution < 1.29 is 17.9 Å². The molecule has 5 nitrogen and oxygen atoms in total. The van der Waals surface area contributed by atoms with Gasteiger partial charge >= 0.3 is 0 Å². The van der Waals surface area contributed by atoms with Crippen molar-refractivity contribution in [2.24, 2.45) is 0 Å². The van der Waals surface area contributed by atoms with Crippen LogP contribution in [0.1, 0.15) is 26.2 Å². The second-order valence-electron chi connectivity index (χ2n) is 3.70. The summed E-state index contributed by atoms with van der Waals surface area (Å²) in [6, 6.07) is 0. The number of sulfone groups is 1. The Balaban J connectivity index is 3.38. The maximum absolute atomic E-state index is 11.2. The van der Waals surface area contributed by atoms with Crippen LogP contribution in [0, 0.1) is 0 Å². The highest BCUT2D eigenvalue weighted by Crippen LogP contribution is 1.91. The van der Waals surface area contributed by atoms with Crippen LogP contribution in [0.5, 0.6) is 0 Å². The van der Waals surface area contributed by atoms with E-state index in [-0.39, 0.29) is 18.2 Å². The first-order valence-electron chi connectivity index (χ1n) is 5.48. The minimum Gasteiger partial charge on any atom is -0.381 e. The van der Waals surface area contributed by atoms with E-state index in [1.165, 1.54) is 0 Å². The van der Waals surface area contributed by atoms with Gasteiger partial charge in [-0.1, -0.05) is 6.92 Å². The molecular formula is C10H21NO4S. The number of ether oxygens (including phenoxy) is 1. The molecule has 1 amide bonds. The zero-order chi connectivity index (χ0) is 12.4. The lowest BCUT2D eigenvalue weighted by molar-refractivity contribution is -0.121. The minimum absolute atomic E-state index is 0.00885. The van der Waals surface area contributed by atoms with Crippen molar-refractivity contribution in [3.63, 3.8) is 0 Å². The number of carbonyl (C=O) groups is 1. The molecule has 0 aliphatic rings. The van der Waals surface area contributed by atoms with Crippen molar-refractivity contribution in [3.8, 4) is 0 Å². The van der Waals surface area contributed by atoms with Gasteiger partial charge < -0.3 is 10.1 Å². The number of carbonyl (C=O) groups excluding carboxylic acids is 1. The predicted molar refractivity (Wildman–Crippen MR) is 63.1 cm³/mol. The molecule has 0 heterocycles. The lowest BCUT2D eigenvalue weighted by atomic mass is 10.3. The van der Waals surface area contributed by atoms with Crippen LogP contribution in [0.25, 0.3) is 0 Å². The van der Waals surface area contributed by atoms with Crippen LogP contribution in [-0.2, 0) is 19.4 Å². The molecule has 1 N–H and O–H groups in total. The predicted octanol–water partition coefficient (Wildman–Crippen LogP) is 0.354. The first-order chi connectivity index (χ1) is 7.45. The Bertz CT molecular complexity index is 287. The molecule has 96 valence electrons. The second kappa shape index (κ2) is 8.52. The molecule has 0 bridgehead atoms. The Morgan fingerprint density at radius 2 is 2.00 bits per heavy atom. The Labute approximate surface area is 97.5 Å². The lowest BCUT2D eigenvalue weighted by Gasteiger charge is -2.04. The molecule has 0 saturated carbocycles. The van der Waals surface area contributed by atoms with E-state index in [2.05, 4.69) is 5.32 Å². The van der Waals surface area contributed by atoms with Crippen LogP contribution in [-0.4, -0.2) is 46.1 Å². The van der Waals surface area contributed by atoms with Crippen LogP contribution < -0.4 is 5.32 Å². The fourth-order valence-corrected chi connectivity index (χ4v) is 1.52. The van der Waals surface area contributed by atoms with E-state index in [4.69, 9.17) is 4.74 Å². The van der Waals surface area contributed by atoms with E-state index < -0.39 is 9.84 Å². The van der Waals surface area contributed by atoms with E-state index >= 15 is 0 Å². The van der Waals surface area contributed by atoms with Crippen LogP contribution >= 0.6 is 0 Å². The number of rotatable bonds is 9. The summed E-state index contributed by atoms with van der Waals surface area (Å²) in [7, 11) is -2.99. The highest BCUT2D eigenvalue weighted by atomic mass is 32.2. The summed E-state index contributed by atoms with van der Waals surface area (Å²) >= 11 is 0. The SMILES string of the molecule is CCCOCCCC(=O)NCCS(C)(=O)=O. The number of hydrogen-bond acceptors (Lipinski definition) is 4. The Hall–Kier alpha value is -0.620. The largest absolute Gasteiger partial charge is 0.381 e. The summed E-state index contributed by atoms with van der Waals surface area (Å²) in [4.78, 5) is 11.2. The average molecular weight is 251 g/mol. The standard InChI is InChI=1S/C10H21NO4S/c1-3-7-15-8-4-5-10(12)11-6-9-16(2,13)14/h3-9H2,1-2H3,(H,11,12). The summed E-state index contributed by atoms with van der Waals surface area (Å²) in [6.07, 6.45) is 3.18. The van der Waals surface area contributed by atoms with Gasteiger partial charge in [0.2, 0.25) is 5.91 Å². The van der Waals surface area contributed by atoms with Gasteiger partial charge in [0.25, 0.3) is 0 Å². The topological polar surface area (TPSA) is 72.5 Å². The Morgan fingerprint density at radius 3 is 2.56 bits per heavy atom. The quantitative estimate of drug-likeness (QED) is 0.600. The third kappa shape index (κ3) is 11.5. The van der Waals surface area contributed by atoms with E-state index in [9.17, 15) is 13.2 Å². The molecule has 0 aromatic heterocycles. The lowest BCUT2D eigenvalue weighted by Crippen LogP contribution is -2.28. The molecule has 0 aliphatic heterocycles. The molecule has 0 aliphatic carbocycles. The molecule has 6 heteroatoms. The van der Waals surface area contributed by atoms with Gasteiger partial charge in [0, 0.05) is 32.4 Å². The van der Waals surface area contributed by atoms with Crippen molar-refractivity contribution in [1.29, 1.82) is 0 Å². The second-order valence-corrected chi connectivity index (χ2v) is 5.96. The monoisotopic (exact) mass is 251 g/mol. The molecule has 16 heavy (non-hydrogen) atoms. The summed E-state index contributed by atoms with van der Waals surface area (Å²) < 4.78 is 26.8. The van der Waals surface area contributed by atoms with E-state index in [0.717, 1.165) is 19.3 Å². The molecule has 0 aromatic rings. The minimum atomic E-state index is -2.99. The first kappa shape index (κ1) is 15.4. The molecule has 0 radical (unpaired) electrons. The van der Waals surface area contributed by atoms with Gasteiger partial charge in [-0.2, -0.15) is 0 Å². The molecule has 0 saturated heterocycles. The fraction of sp³-hybridized carbons (Fsp3) is 0.900. The molecular weight excluding hydrogens is 230 g/mol. The van der Waals surface area contributed by atoms with Gasteiger partial charge in [-0.3, -0.25) is 4.79 Å². The number of nitrogens with one attached hydrogen (secondary N) is 1. The van der Waals surface area contributed by atoms with Crippen molar-refractivity contribution in [2.45, 2.75) is 26.2 Å². The molecule has 0 unspecified atom stereocenters. The summed E-state index contributed by atoms with van der Waals surface area (Å²) in [5.74, 6) is -0.130. The zero-order valence-corrected chi connectivity index (χ0v) is 10.8. The van der Waals surface area contributed by atoms with Crippen LogP contribution in [0.3, 0.4) is 0 Å². The van der Waals surface area contributed by atoms with Crippen molar-refractivity contribution >= 4 is 15.7 Å². The van der Waals surface area contributed by atoms with Crippen molar-refractivity contribution in [2.75, 3.05) is 31.8 Å². The molecule has 0 rings (SSSR count). The van der Waals surface area contributed by atoms with Gasteiger partial charge in [0.05, 0.1) is 5.75 Å². The number of hydrogen-bond donors (Lipinski definition) is 1. The van der Waals surface area contributed by atoms with Crippen molar-refractivity contribution in [3.05, 3.63) is 0 Å². The van der Waals surface area contributed by atoms with Crippen LogP contribution in [0.15, 0.2) is 0 Å². The van der Waals surface area contributed by atoms with Gasteiger partial charge in [-0.05, 0) is 12.8 Å². The van der Waals surface area contributed by atoms with E-state index in [0.29, 0.717) is 19.4 Å². The summed E-state index contributed by atoms with van der Waals surface area (Å²) in [6.45, 7) is 3.51. The van der Waals surface area contributed by atoms with Gasteiger partial charge in [0.1, 0.15) is 9.84 Å². The first-order valence-corrected chi connectivity index (χ1v) is 7.54. The van der Waals surface area contributed by atoms with Gasteiger partial charge in [0.15, 0.2) is 0 Å². The Kier molecular flexibility index (Phi) is 8.19. The molecule has 0 spiro atoms. The maximum Gasteiger partial charge on any atom is 0.220 e.